The summed E-state index contributed by atoms with van der Waals surface area (Å²) in [5, 5.41) is 9.02. The maximum atomic E-state index is 11.8. The van der Waals surface area contributed by atoms with E-state index in [1.165, 1.54) is 0 Å². The topological polar surface area (TPSA) is 84.0 Å². The maximum absolute atomic E-state index is 11.8. The van der Waals surface area contributed by atoms with Crippen LogP contribution in [0.25, 0.3) is 0 Å². The first-order valence-electron chi connectivity index (χ1n) is 7.76. The fourth-order valence-electron chi connectivity index (χ4n) is 2.12. The molecule has 0 spiro atoms. The second-order valence-electron chi connectivity index (χ2n) is 6.23. The number of hydrogen-bond donors (Lipinski definition) is 3. The first-order valence-corrected chi connectivity index (χ1v) is 7.76. The highest BCUT2D eigenvalue weighted by atomic mass is 16.5. The number of methoxy groups -OCH3 is 2. The van der Waals surface area contributed by atoms with Crippen molar-refractivity contribution < 1.29 is 14.3 Å². The van der Waals surface area contributed by atoms with Crippen LogP contribution in [0.1, 0.15) is 26.3 Å². The maximum Gasteiger partial charge on any atom is 0.239 e. The lowest BCUT2D eigenvalue weighted by molar-refractivity contribution is -0.121. The molecule has 7 nitrogen and oxygen atoms in total. The number of benzene rings is 1. The Hall–Kier alpha value is -2.44. The third-order valence-electron chi connectivity index (χ3n) is 3.09. The van der Waals surface area contributed by atoms with Crippen molar-refractivity contribution in [2.45, 2.75) is 32.9 Å². The first kappa shape index (κ1) is 19.6. The van der Waals surface area contributed by atoms with Crippen molar-refractivity contribution in [3.63, 3.8) is 0 Å². The zero-order valence-electron chi connectivity index (χ0n) is 15.3. The summed E-state index contributed by atoms with van der Waals surface area (Å²) < 4.78 is 10.7. The fourth-order valence-corrected chi connectivity index (χ4v) is 2.12. The number of nitrogens with zero attached hydrogens (tertiary/aromatic N) is 1. The summed E-state index contributed by atoms with van der Waals surface area (Å²) in [7, 11) is 4.86. The van der Waals surface area contributed by atoms with Crippen LogP contribution in [0.4, 0.5) is 0 Å². The van der Waals surface area contributed by atoms with Gasteiger partial charge >= 0.3 is 0 Å². The molecule has 0 aromatic heterocycles. The van der Waals surface area contributed by atoms with Gasteiger partial charge in [-0.3, -0.25) is 9.79 Å². The first-order chi connectivity index (χ1) is 11.3. The fraction of sp³-hybridized carbons (Fsp3) is 0.529. The monoisotopic (exact) mass is 336 g/mol. The number of guanidine groups is 1. The molecular formula is C17H28N4O3. The average molecular weight is 336 g/mol. The number of nitrogens with one attached hydrogen (secondary N) is 3. The summed E-state index contributed by atoms with van der Waals surface area (Å²) in [4.78, 5) is 16.0. The number of ether oxygens (including phenoxy) is 2. The zero-order valence-corrected chi connectivity index (χ0v) is 15.3. The van der Waals surface area contributed by atoms with E-state index in [0.29, 0.717) is 24.0 Å². The molecule has 0 fully saturated rings. The summed E-state index contributed by atoms with van der Waals surface area (Å²) in [5.41, 5.74) is 0.669. The van der Waals surface area contributed by atoms with Crippen LogP contribution in [0, 0.1) is 0 Å². The summed E-state index contributed by atoms with van der Waals surface area (Å²) in [6, 6.07) is 5.67. The molecule has 0 atom stereocenters. The van der Waals surface area contributed by atoms with E-state index < -0.39 is 0 Å². The predicted octanol–water partition coefficient (Wildman–Crippen LogP) is 1.28. The zero-order chi connectivity index (χ0) is 18.2. The summed E-state index contributed by atoms with van der Waals surface area (Å²) >= 11 is 0. The van der Waals surface area contributed by atoms with Crippen molar-refractivity contribution in [2.24, 2.45) is 4.99 Å². The Balaban J connectivity index is 2.61. The van der Waals surface area contributed by atoms with Crippen LogP contribution in [0.3, 0.4) is 0 Å². The van der Waals surface area contributed by atoms with Gasteiger partial charge in [-0.05, 0) is 26.8 Å². The van der Waals surface area contributed by atoms with E-state index in [2.05, 4.69) is 20.9 Å². The Morgan fingerprint density at radius 1 is 1.17 bits per heavy atom. The second kappa shape index (κ2) is 9.00. The van der Waals surface area contributed by atoms with Crippen LogP contribution >= 0.6 is 0 Å². The van der Waals surface area contributed by atoms with Crippen LogP contribution in [-0.2, 0) is 11.3 Å². The molecule has 3 N–H and O–H groups in total. The quantitative estimate of drug-likeness (QED) is 0.538. The van der Waals surface area contributed by atoms with Crippen LogP contribution < -0.4 is 25.4 Å². The summed E-state index contributed by atoms with van der Waals surface area (Å²) in [6.45, 7) is 6.44. The predicted molar refractivity (Wildman–Crippen MR) is 95.6 cm³/mol. The van der Waals surface area contributed by atoms with Crippen molar-refractivity contribution in [2.75, 3.05) is 27.8 Å². The van der Waals surface area contributed by atoms with Gasteiger partial charge in [-0.2, -0.15) is 0 Å². The summed E-state index contributed by atoms with van der Waals surface area (Å²) in [5.74, 6) is 1.78. The van der Waals surface area contributed by atoms with Gasteiger partial charge in [-0.15, -0.1) is 0 Å². The minimum atomic E-state index is -0.260. The third kappa shape index (κ3) is 6.36. The number of amides is 1. The SMILES string of the molecule is CN=C(NCC(=O)NC(C)(C)C)NCc1cccc(OC)c1OC. The molecule has 0 saturated heterocycles. The Bertz CT molecular complexity index is 580. The van der Waals surface area contributed by atoms with Gasteiger partial charge in [0.2, 0.25) is 5.91 Å². The third-order valence-corrected chi connectivity index (χ3v) is 3.09. The van der Waals surface area contributed by atoms with Crippen LogP contribution in [0.15, 0.2) is 23.2 Å². The van der Waals surface area contributed by atoms with Crippen LogP contribution in [0.2, 0.25) is 0 Å². The molecule has 1 aromatic carbocycles. The number of rotatable bonds is 6. The highest BCUT2D eigenvalue weighted by Crippen LogP contribution is 2.30. The van der Waals surface area contributed by atoms with Crippen molar-refractivity contribution in [3.05, 3.63) is 23.8 Å². The molecule has 1 rings (SSSR count). The lowest BCUT2D eigenvalue weighted by Gasteiger charge is -2.21. The van der Waals surface area contributed by atoms with Crippen LogP contribution in [-0.4, -0.2) is 45.2 Å². The standard InChI is InChI=1S/C17H28N4O3/c1-17(2,3)21-14(22)11-20-16(18-4)19-10-12-8-7-9-13(23-5)15(12)24-6/h7-9H,10-11H2,1-6H3,(H,21,22)(H2,18,19,20). The van der Waals surface area contributed by atoms with Gasteiger partial charge < -0.3 is 25.4 Å². The lowest BCUT2D eigenvalue weighted by atomic mass is 10.1. The largest absolute Gasteiger partial charge is 0.493 e. The van der Waals surface area contributed by atoms with E-state index in [1.54, 1.807) is 21.3 Å². The normalized spacial score (nSPS) is 11.7. The number of aliphatic imine (C=N–C) groups is 1. The molecule has 0 saturated carbocycles. The van der Waals surface area contributed by atoms with E-state index >= 15 is 0 Å². The molecular weight excluding hydrogens is 308 g/mol. The molecule has 1 aromatic rings. The van der Waals surface area contributed by atoms with Gasteiger partial charge in [0.25, 0.3) is 0 Å². The highest BCUT2D eigenvalue weighted by molar-refractivity contribution is 5.86. The Morgan fingerprint density at radius 2 is 1.88 bits per heavy atom. The minimum Gasteiger partial charge on any atom is -0.493 e. The van der Waals surface area contributed by atoms with Crippen molar-refractivity contribution in [1.29, 1.82) is 0 Å². The van der Waals surface area contributed by atoms with Crippen molar-refractivity contribution in [3.8, 4) is 11.5 Å². The van der Waals surface area contributed by atoms with Crippen molar-refractivity contribution >= 4 is 11.9 Å². The van der Waals surface area contributed by atoms with Gasteiger partial charge in [0.1, 0.15) is 0 Å². The van der Waals surface area contributed by atoms with Crippen molar-refractivity contribution in [1.82, 2.24) is 16.0 Å². The lowest BCUT2D eigenvalue weighted by Crippen LogP contribution is -2.48. The molecule has 0 heterocycles. The van der Waals surface area contributed by atoms with E-state index in [0.717, 1.165) is 5.56 Å². The van der Waals surface area contributed by atoms with Gasteiger partial charge in [0.15, 0.2) is 17.5 Å². The molecule has 24 heavy (non-hydrogen) atoms. The Labute approximate surface area is 143 Å². The minimum absolute atomic E-state index is 0.0931. The molecule has 0 unspecified atom stereocenters. The Morgan fingerprint density at radius 3 is 2.42 bits per heavy atom. The van der Waals surface area contributed by atoms with E-state index in [-0.39, 0.29) is 18.0 Å². The average Bonchev–Trinajstić information content (AvgIpc) is 2.52. The smallest absolute Gasteiger partial charge is 0.239 e. The molecule has 1 amide bonds. The van der Waals surface area contributed by atoms with Gasteiger partial charge in [-0.25, -0.2) is 0 Å². The number of para-hydroxylation sites is 1. The molecule has 134 valence electrons. The van der Waals surface area contributed by atoms with Gasteiger partial charge in [-0.1, -0.05) is 12.1 Å². The van der Waals surface area contributed by atoms with E-state index in [4.69, 9.17) is 9.47 Å². The second-order valence-corrected chi connectivity index (χ2v) is 6.23. The number of carbonyl (C=O) groups excluding carboxylic acids is 1. The van der Waals surface area contributed by atoms with E-state index in [1.807, 2.05) is 39.0 Å². The molecule has 0 aliphatic rings. The van der Waals surface area contributed by atoms with Crippen LogP contribution in [0.5, 0.6) is 11.5 Å². The van der Waals surface area contributed by atoms with Gasteiger partial charge in [0.05, 0.1) is 20.8 Å². The Kier molecular flexibility index (Phi) is 7.35. The number of hydrogen-bond acceptors (Lipinski definition) is 4. The van der Waals surface area contributed by atoms with Gasteiger partial charge in [0, 0.05) is 24.7 Å². The molecule has 0 aliphatic carbocycles. The molecule has 7 heteroatoms. The van der Waals surface area contributed by atoms with E-state index in [9.17, 15) is 4.79 Å². The summed E-state index contributed by atoms with van der Waals surface area (Å²) in [6.07, 6.45) is 0. The molecule has 0 bridgehead atoms. The molecule has 0 aliphatic heterocycles. The number of carbonyl (C=O) groups is 1. The highest BCUT2D eigenvalue weighted by Gasteiger charge is 2.14. The molecule has 0 radical (unpaired) electrons.